The van der Waals surface area contributed by atoms with Crippen molar-refractivity contribution < 1.29 is 33.5 Å². The Bertz CT molecular complexity index is 1220. The number of benzene rings is 1. The first-order valence-electron chi connectivity index (χ1n) is 10.7. The molecule has 1 aromatic carbocycles. The summed E-state index contributed by atoms with van der Waals surface area (Å²) in [5, 5.41) is 22.7. The van der Waals surface area contributed by atoms with E-state index in [-0.39, 0.29) is 47.6 Å². The molecule has 0 radical (unpaired) electrons. The van der Waals surface area contributed by atoms with E-state index in [1.807, 2.05) is 0 Å². The van der Waals surface area contributed by atoms with Gasteiger partial charge in [-0.1, -0.05) is 6.08 Å². The van der Waals surface area contributed by atoms with Crippen molar-refractivity contribution in [1.82, 2.24) is 4.72 Å². The second kappa shape index (κ2) is 12.1. The summed E-state index contributed by atoms with van der Waals surface area (Å²) >= 11 is 1.16. The third-order valence-corrected chi connectivity index (χ3v) is 6.01. The highest BCUT2D eigenvalue weighted by atomic mass is 32.2. The molecule has 14 nitrogen and oxygen atoms in total. The fraction of sp³-hybridized carbons (Fsp3) is 0.318. The summed E-state index contributed by atoms with van der Waals surface area (Å²) in [5.41, 5.74) is 1.21. The van der Waals surface area contributed by atoms with Gasteiger partial charge in [0.05, 0.1) is 43.7 Å². The van der Waals surface area contributed by atoms with Crippen molar-refractivity contribution in [2.75, 3.05) is 44.6 Å². The van der Waals surface area contributed by atoms with Gasteiger partial charge in [-0.05, 0) is 18.0 Å². The number of methoxy groups -OCH3 is 3. The number of hydrogen-bond acceptors (Lipinski definition) is 13. The van der Waals surface area contributed by atoms with Gasteiger partial charge in [0.1, 0.15) is 29.6 Å². The molecule has 0 bridgehead atoms. The van der Waals surface area contributed by atoms with Gasteiger partial charge in [-0.15, -0.1) is 10.2 Å². The summed E-state index contributed by atoms with van der Waals surface area (Å²) in [7, 11) is 3.81. The van der Waals surface area contributed by atoms with E-state index in [2.05, 4.69) is 20.3 Å². The predicted octanol–water partition coefficient (Wildman–Crippen LogP) is 2.45. The summed E-state index contributed by atoms with van der Waals surface area (Å²) < 4.78 is 18.0. The molecule has 0 spiro atoms. The Hall–Kier alpha value is -4.24. The number of rotatable bonds is 10. The molecule has 1 heterocycles. The zero-order chi connectivity index (χ0) is 27.1. The van der Waals surface area contributed by atoms with Crippen LogP contribution < -0.4 is 19.7 Å². The molecule has 1 aliphatic carbocycles. The van der Waals surface area contributed by atoms with Crippen LogP contribution in [-0.2, 0) is 23.9 Å². The molecule has 1 atom stereocenters. The van der Waals surface area contributed by atoms with Crippen molar-refractivity contribution in [2.24, 2.45) is 10.2 Å². The molecule has 3 rings (SSSR count). The quantitative estimate of drug-likeness (QED) is 0.149. The molecule has 0 fully saturated rings. The second-order valence-corrected chi connectivity index (χ2v) is 8.40. The molecule has 0 saturated carbocycles. The van der Waals surface area contributed by atoms with Gasteiger partial charge < -0.3 is 24.4 Å². The first-order chi connectivity index (χ1) is 17.7. The smallest absolute Gasteiger partial charge is 0.325 e. The molecular weight excluding hydrogens is 508 g/mol. The molecule has 0 saturated heterocycles. The summed E-state index contributed by atoms with van der Waals surface area (Å²) in [5.74, 6) is -1.42. The Morgan fingerprint density at radius 3 is 2.41 bits per heavy atom. The lowest BCUT2D eigenvalue weighted by Crippen LogP contribution is -2.36. The van der Waals surface area contributed by atoms with Gasteiger partial charge in [-0.3, -0.25) is 24.5 Å². The van der Waals surface area contributed by atoms with Crippen molar-refractivity contribution in [3.8, 4) is 5.75 Å². The maximum absolute atomic E-state index is 12.0. The summed E-state index contributed by atoms with van der Waals surface area (Å²) in [4.78, 5) is 48.0. The first-order valence-corrected chi connectivity index (χ1v) is 11.5. The van der Waals surface area contributed by atoms with E-state index in [1.54, 1.807) is 6.08 Å². The highest BCUT2D eigenvalue weighted by molar-refractivity contribution is 8.01. The topological polar surface area (TPSA) is 174 Å². The number of nitrogens with one attached hydrogen (secondary N) is 2. The van der Waals surface area contributed by atoms with Crippen LogP contribution in [-0.4, -0.2) is 63.2 Å². The zero-order valence-electron chi connectivity index (χ0n) is 20.3. The number of anilines is 2. The van der Waals surface area contributed by atoms with E-state index in [9.17, 15) is 24.5 Å². The van der Waals surface area contributed by atoms with E-state index in [1.165, 1.54) is 57.4 Å². The van der Waals surface area contributed by atoms with Gasteiger partial charge in [-0.2, -0.15) is 0 Å². The van der Waals surface area contributed by atoms with Crippen LogP contribution in [0.15, 0.2) is 56.9 Å². The number of fused-ring (bicyclic) bond motifs is 1. The number of azo groups is 1. The van der Waals surface area contributed by atoms with Crippen LogP contribution in [0.25, 0.3) is 0 Å². The van der Waals surface area contributed by atoms with Gasteiger partial charge in [0, 0.05) is 30.7 Å². The van der Waals surface area contributed by atoms with Crippen LogP contribution in [0.5, 0.6) is 5.75 Å². The van der Waals surface area contributed by atoms with Crippen LogP contribution >= 0.6 is 11.9 Å². The third kappa shape index (κ3) is 6.71. The van der Waals surface area contributed by atoms with Crippen LogP contribution in [0.2, 0.25) is 0 Å². The van der Waals surface area contributed by atoms with Crippen LogP contribution in [0.4, 0.5) is 17.1 Å². The van der Waals surface area contributed by atoms with Crippen molar-refractivity contribution in [3.05, 3.63) is 56.8 Å². The monoisotopic (exact) mass is 532 g/mol. The van der Waals surface area contributed by atoms with Gasteiger partial charge in [-0.25, -0.2) is 4.72 Å². The standard InChI is InChI=1S/C22H24N6O8S/c1-12(29)23-16-8-18(27(10-20(30)35-3)11-21(31)36-4)19(34-2)9-17(16)24-25-22-14-7-13(28(32)33)5-6-15(14)26-37-22/h5-9,15,26H,10-11H2,1-4H3,(H,23,29)/b25-24+. The Morgan fingerprint density at radius 2 is 1.84 bits per heavy atom. The van der Waals surface area contributed by atoms with Crippen molar-refractivity contribution in [3.63, 3.8) is 0 Å². The van der Waals surface area contributed by atoms with Crippen molar-refractivity contribution >= 4 is 46.9 Å². The number of carbonyl (C=O) groups excluding carboxylic acids is 3. The number of carbonyl (C=O) groups is 3. The Balaban J connectivity index is 2.05. The van der Waals surface area contributed by atoms with Gasteiger partial charge in [0.25, 0.3) is 5.70 Å². The predicted molar refractivity (Wildman–Crippen MR) is 134 cm³/mol. The molecular formula is C22H24N6O8S. The third-order valence-electron chi connectivity index (χ3n) is 5.13. The van der Waals surface area contributed by atoms with E-state index < -0.39 is 22.8 Å². The second-order valence-electron chi connectivity index (χ2n) is 7.57. The van der Waals surface area contributed by atoms with Crippen molar-refractivity contribution in [1.29, 1.82) is 0 Å². The number of esters is 2. The molecule has 196 valence electrons. The lowest BCUT2D eigenvalue weighted by atomic mass is 10.0. The summed E-state index contributed by atoms with van der Waals surface area (Å²) in [6.07, 6.45) is 4.48. The molecule has 0 aromatic heterocycles. The lowest BCUT2D eigenvalue weighted by Gasteiger charge is -2.25. The average Bonchev–Trinajstić information content (AvgIpc) is 3.28. The number of ether oxygens (including phenoxy) is 3. The fourth-order valence-corrected chi connectivity index (χ4v) is 4.20. The summed E-state index contributed by atoms with van der Waals surface area (Å²) in [6, 6.07) is 2.69. The average molecular weight is 533 g/mol. The maximum Gasteiger partial charge on any atom is 0.325 e. The van der Waals surface area contributed by atoms with Crippen LogP contribution in [0.3, 0.4) is 0 Å². The summed E-state index contributed by atoms with van der Waals surface area (Å²) in [6.45, 7) is 0.692. The fourth-order valence-electron chi connectivity index (χ4n) is 3.37. The van der Waals surface area contributed by atoms with E-state index in [4.69, 9.17) is 14.2 Å². The Labute approximate surface area is 215 Å². The Kier molecular flexibility index (Phi) is 8.97. The Morgan fingerprint density at radius 1 is 1.16 bits per heavy atom. The molecule has 2 aliphatic rings. The zero-order valence-corrected chi connectivity index (χ0v) is 21.2. The first kappa shape index (κ1) is 27.3. The maximum atomic E-state index is 12.0. The highest BCUT2D eigenvalue weighted by Crippen LogP contribution is 2.41. The number of amides is 1. The molecule has 1 aliphatic heterocycles. The normalized spacial score (nSPS) is 16.2. The number of hydrogen-bond donors (Lipinski definition) is 2. The molecule has 1 aromatic rings. The minimum Gasteiger partial charge on any atom is -0.494 e. The number of nitro groups is 1. The van der Waals surface area contributed by atoms with E-state index in [0.717, 1.165) is 11.9 Å². The highest BCUT2D eigenvalue weighted by Gasteiger charge is 2.29. The lowest BCUT2D eigenvalue weighted by molar-refractivity contribution is -0.419. The minimum absolute atomic E-state index is 0.0792. The molecule has 1 unspecified atom stereocenters. The van der Waals surface area contributed by atoms with Gasteiger partial charge in [0.15, 0.2) is 0 Å². The van der Waals surface area contributed by atoms with E-state index in [0.29, 0.717) is 10.6 Å². The van der Waals surface area contributed by atoms with Crippen molar-refractivity contribution in [2.45, 2.75) is 13.0 Å². The largest absolute Gasteiger partial charge is 0.494 e. The number of allylic oxidation sites excluding steroid dienone is 1. The van der Waals surface area contributed by atoms with Crippen LogP contribution in [0, 0.1) is 10.1 Å². The molecule has 15 heteroatoms. The number of nitrogens with zero attached hydrogens (tertiary/aromatic N) is 4. The van der Waals surface area contributed by atoms with E-state index >= 15 is 0 Å². The van der Waals surface area contributed by atoms with Gasteiger partial charge >= 0.3 is 11.9 Å². The molecule has 2 N–H and O–H groups in total. The molecule has 37 heavy (non-hydrogen) atoms. The minimum atomic E-state index is -0.617. The van der Waals surface area contributed by atoms with Gasteiger partial charge in [0.2, 0.25) is 5.91 Å². The SMILES string of the molecule is COC(=O)CN(CC(=O)OC)c1cc(NC(C)=O)c(/N=N/C2=C3C=C([N+](=O)[O-])C=CC3NS2)cc1OC. The molecule has 1 amide bonds. The van der Waals surface area contributed by atoms with Crippen LogP contribution in [0.1, 0.15) is 6.92 Å².